The Labute approximate surface area is 121 Å². The molecule has 0 aliphatic carbocycles. The van der Waals surface area contributed by atoms with Gasteiger partial charge in [0.1, 0.15) is 30.5 Å². The Hall–Kier alpha value is -1.70. The second-order valence-corrected chi connectivity index (χ2v) is 4.68. The molecule has 1 heterocycles. The zero-order valence-corrected chi connectivity index (χ0v) is 11.7. The van der Waals surface area contributed by atoms with Crippen molar-refractivity contribution in [2.75, 3.05) is 25.1 Å². The first-order valence-electron chi connectivity index (χ1n) is 6.23. The van der Waals surface area contributed by atoms with Gasteiger partial charge < -0.3 is 34.8 Å². The summed E-state index contributed by atoms with van der Waals surface area (Å²) >= 11 is 0. The molecule has 0 saturated carbocycles. The predicted octanol–water partition coefficient (Wildman–Crippen LogP) is -2.27. The number of oxazole rings is 1. The predicted molar refractivity (Wildman–Crippen MR) is 70.3 cm³/mol. The molecule has 4 atom stereocenters. The Bertz CT molecular complexity index is 500. The average molecular weight is 301 g/mol. The average Bonchev–Trinajstić information content (AvgIpc) is 2.85. The number of hydrogen-bond acceptors (Lipinski definition) is 9. The van der Waals surface area contributed by atoms with Gasteiger partial charge in [0.15, 0.2) is 5.89 Å². The van der Waals surface area contributed by atoms with Crippen molar-refractivity contribution in [3.63, 3.8) is 0 Å². The third kappa shape index (κ3) is 4.13. The summed E-state index contributed by atoms with van der Waals surface area (Å²) in [4.78, 5) is 5.19. The van der Waals surface area contributed by atoms with Gasteiger partial charge in [0.05, 0.1) is 6.61 Å². The molecule has 0 aliphatic rings. The molecule has 0 bridgehead atoms. The third-order valence-electron chi connectivity index (χ3n) is 2.96. The van der Waals surface area contributed by atoms with E-state index in [1.807, 2.05) is 6.07 Å². The van der Waals surface area contributed by atoms with Gasteiger partial charge in [0, 0.05) is 20.5 Å². The summed E-state index contributed by atoms with van der Waals surface area (Å²) in [7, 11) is 1.51. The van der Waals surface area contributed by atoms with Crippen LogP contribution in [0.5, 0.6) is 0 Å². The van der Waals surface area contributed by atoms with Gasteiger partial charge in [-0.1, -0.05) is 0 Å². The lowest BCUT2D eigenvalue weighted by molar-refractivity contribution is -0.112. The molecule has 1 aromatic heterocycles. The van der Waals surface area contributed by atoms with Crippen molar-refractivity contribution in [2.24, 2.45) is 0 Å². The molecule has 9 heteroatoms. The molecule has 0 spiro atoms. The first kappa shape index (κ1) is 17.4. The van der Waals surface area contributed by atoms with Gasteiger partial charge in [-0.3, -0.25) is 0 Å². The molecule has 0 aromatic carbocycles. The number of aromatic nitrogens is 1. The fourth-order valence-corrected chi connectivity index (χ4v) is 1.78. The topological polar surface area (TPSA) is 154 Å². The van der Waals surface area contributed by atoms with Crippen LogP contribution in [0, 0.1) is 18.3 Å². The molecule has 0 aliphatic heterocycles. The van der Waals surface area contributed by atoms with Gasteiger partial charge in [-0.25, -0.2) is 4.98 Å². The van der Waals surface area contributed by atoms with Gasteiger partial charge in [0.25, 0.3) is 0 Å². The molecule has 118 valence electrons. The van der Waals surface area contributed by atoms with Crippen LogP contribution in [0.4, 0.5) is 5.88 Å². The number of nitrogens with zero attached hydrogens (tertiary/aromatic N) is 3. The van der Waals surface area contributed by atoms with Crippen molar-refractivity contribution in [3.8, 4) is 6.07 Å². The van der Waals surface area contributed by atoms with Crippen LogP contribution < -0.4 is 4.90 Å². The molecule has 21 heavy (non-hydrogen) atoms. The second kappa shape index (κ2) is 7.35. The fourth-order valence-electron chi connectivity index (χ4n) is 1.78. The summed E-state index contributed by atoms with van der Waals surface area (Å²) in [5.74, 6) is 0.401. The minimum atomic E-state index is -1.70. The highest BCUT2D eigenvalue weighted by atomic mass is 16.4. The summed E-state index contributed by atoms with van der Waals surface area (Å²) < 4.78 is 5.22. The number of aryl methyl sites for hydroxylation is 1. The molecule has 1 aromatic rings. The van der Waals surface area contributed by atoms with E-state index in [0.717, 1.165) is 0 Å². The van der Waals surface area contributed by atoms with E-state index < -0.39 is 31.0 Å². The lowest BCUT2D eigenvalue weighted by Crippen LogP contribution is -2.49. The van der Waals surface area contributed by atoms with E-state index >= 15 is 0 Å². The summed E-state index contributed by atoms with van der Waals surface area (Å²) in [6.07, 6.45) is -6.39. The number of likely N-dealkylation sites (N-methyl/N-ethyl adjacent to an activating group) is 1. The van der Waals surface area contributed by atoms with Crippen LogP contribution in [-0.4, -0.2) is 75.1 Å². The maximum Gasteiger partial charge on any atom is 0.234 e. The molecule has 0 amide bonds. The molecular weight excluding hydrogens is 282 g/mol. The summed E-state index contributed by atoms with van der Waals surface area (Å²) in [5.41, 5.74) is 0.0348. The van der Waals surface area contributed by atoms with E-state index in [2.05, 4.69) is 4.98 Å². The van der Waals surface area contributed by atoms with Gasteiger partial charge in [-0.15, -0.1) is 0 Å². The molecule has 0 radical (unpaired) electrons. The number of aliphatic hydroxyl groups is 5. The fraction of sp³-hybridized carbons (Fsp3) is 0.667. The van der Waals surface area contributed by atoms with Gasteiger partial charge in [-0.2, -0.15) is 5.26 Å². The van der Waals surface area contributed by atoms with Crippen molar-refractivity contribution >= 4 is 5.88 Å². The van der Waals surface area contributed by atoms with Crippen LogP contribution in [0.15, 0.2) is 4.42 Å². The van der Waals surface area contributed by atoms with Crippen molar-refractivity contribution < 1.29 is 29.9 Å². The smallest absolute Gasteiger partial charge is 0.234 e. The number of anilines is 1. The molecule has 0 unspecified atom stereocenters. The zero-order valence-electron chi connectivity index (χ0n) is 11.7. The van der Waals surface area contributed by atoms with Crippen LogP contribution in [0.2, 0.25) is 0 Å². The molecular formula is C12H19N3O6. The summed E-state index contributed by atoms with van der Waals surface area (Å²) in [5, 5.41) is 55.9. The van der Waals surface area contributed by atoms with Crippen LogP contribution in [0.3, 0.4) is 0 Å². The first-order chi connectivity index (χ1) is 9.81. The van der Waals surface area contributed by atoms with Crippen molar-refractivity contribution in [1.29, 1.82) is 5.26 Å². The minimum Gasteiger partial charge on any atom is -0.424 e. The molecule has 9 nitrogen and oxygen atoms in total. The first-order valence-corrected chi connectivity index (χ1v) is 6.23. The standard InChI is InChI=1S/C12H19N3O6/c1-6-14-7(3-13)12(21-6)15(2)4-8(17)10(19)11(20)9(18)5-16/h8-11,16-20H,4-5H2,1-2H3/t8-,9-,10-,11-/m0/s1. The minimum absolute atomic E-state index is 0.0348. The Morgan fingerprint density at radius 1 is 1.24 bits per heavy atom. The number of aliphatic hydroxyl groups excluding tert-OH is 5. The number of nitriles is 1. The Kier molecular flexibility index (Phi) is 6.07. The maximum atomic E-state index is 9.85. The lowest BCUT2D eigenvalue weighted by atomic mass is 10.0. The molecule has 1 rings (SSSR count). The lowest BCUT2D eigenvalue weighted by Gasteiger charge is -2.28. The highest BCUT2D eigenvalue weighted by Gasteiger charge is 2.31. The van der Waals surface area contributed by atoms with Crippen LogP contribution in [-0.2, 0) is 0 Å². The number of rotatable bonds is 7. The Morgan fingerprint density at radius 3 is 2.33 bits per heavy atom. The molecule has 5 N–H and O–H groups in total. The Morgan fingerprint density at radius 2 is 1.81 bits per heavy atom. The van der Waals surface area contributed by atoms with E-state index in [1.165, 1.54) is 11.9 Å². The van der Waals surface area contributed by atoms with Gasteiger partial charge in [0.2, 0.25) is 11.6 Å². The van der Waals surface area contributed by atoms with Gasteiger partial charge in [-0.05, 0) is 0 Å². The Balaban J connectivity index is 2.73. The number of hydrogen-bond donors (Lipinski definition) is 5. The third-order valence-corrected chi connectivity index (χ3v) is 2.96. The maximum absolute atomic E-state index is 9.85. The van der Waals surface area contributed by atoms with Crippen molar-refractivity contribution in [2.45, 2.75) is 31.3 Å². The molecule has 0 saturated heterocycles. The monoisotopic (exact) mass is 301 g/mol. The SMILES string of the molecule is Cc1nc(C#N)c(N(C)C[C@H](O)[C@H](O)[C@@H](O)[C@@H](O)CO)o1. The van der Waals surface area contributed by atoms with Crippen molar-refractivity contribution in [3.05, 3.63) is 11.6 Å². The van der Waals surface area contributed by atoms with Crippen LogP contribution in [0.25, 0.3) is 0 Å². The molecule has 0 fully saturated rings. The highest BCUT2D eigenvalue weighted by molar-refractivity contribution is 5.47. The quantitative estimate of drug-likeness (QED) is 0.375. The zero-order chi connectivity index (χ0) is 16.2. The summed E-state index contributed by atoms with van der Waals surface area (Å²) in [6.45, 7) is 0.630. The van der Waals surface area contributed by atoms with E-state index in [0.29, 0.717) is 0 Å². The van der Waals surface area contributed by atoms with E-state index in [4.69, 9.17) is 14.8 Å². The van der Waals surface area contributed by atoms with Crippen LogP contribution in [0.1, 0.15) is 11.6 Å². The van der Waals surface area contributed by atoms with E-state index in [1.54, 1.807) is 6.92 Å². The van der Waals surface area contributed by atoms with E-state index in [9.17, 15) is 20.4 Å². The highest BCUT2D eigenvalue weighted by Crippen LogP contribution is 2.20. The largest absolute Gasteiger partial charge is 0.424 e. The van der Waals surface area contributed by atoms with Crippen molar-refractivity contribution in [1.82, 2.24) is 4.98 Å². The van der Waals surface area contributed by atoms with Gasteiger partial charge >= 0.3 is 0 Å². The normalized spacial score (nSPS) is 16.9. The summed E-state index contributed by atoms with van der Waals surface area (Å²) in [6, 6.07) is 1.84. The second-order valence-electron chi connectivity index (χ2n) is 4.68. The van der Waals surface area contributed by atoms with E-state index in [-0.39, 0.29) is 24.0 Å². The van der Waals surface area contributed by atoms with Crippen LogP contribution >= 0.6 is 0 Å².